The number of hydrogen-bond donors (Lipinski definition) is 1. The predicted molar refractivity (Wildman–Crippen MR) is 103 cm³/mol. The van der Waals surface area contributed by atoms with Gasteiger partial charge in [-0.15, -0.1) is 23.7 Å². The van der Waals surface area contributed by atoms with Crippen molar-refractivity contribution in [1.29, 1.82) is 0 Å². The van der Waals surface area contributed by atoms with Gasteiger partial charge in [-0.2, -0.15) is 0 Å². The summed E-state index contributed by atoms with van der Waals surface area (Å²) in [6.07, 6.45) is 2.43. The molecule has 1 fully saturated rings. The van der Waals surface area contributed by atoms with E-state index in [1.807, 2.05) is 0 Å². The van der Waals surface area contributed by atoms with Crippen molar-refractivity contribution in [3.8, 4) is 10.6 Å². The quantitative estimate of drug-likeness (QED) is 0.879. The molecule has 1 aliphatic heterocycles. The maximum absolute atomic E-state index is 5.96. The molecule has 2 heterocycles. The molecular formula is C18H26ClN3OS. The Morgan fingerprint density at radius 2 is 2.08 bits per heavy atom. The number of methoxy groups -OCH3 is 1. The summed E-state index contributed by atoms with van der Waals surface area (Å²) in [7, 11) is 1.79. The number of nitrogens with two attached hydrogens (primary N) is 1. The van der Waals surface area contributed by atoms with Crippen LogP contribution < -0.4 is 5.73 Å². The zero-order valence-electron chi connectivity index (χ0n) is 14.3. The number of ether oxygens (including phenoxy) is 1. The van der Waals surface area contributed by atoms with E-state index in [0.29, 0.717) is 18.7 Å². The first kappa shape index (κ1) is 19.3. The van der Waals surface area contributed by atoms with Crippen molar-refractivity contribution in [2.75, 3.05) is 20.2 Å². The van der Waals surface area contributed by atoms with Crippen LogP contribution in [0, 0.1) is 6.92 Å². The summed E-state index contributed by atoms with van der Waals surface area (Å²) in [4.78, 5) is 7.26. The highest BCUT2D eigenvalue weighted by atomic mass is 35.5. The van der Waals surface area contributed by atoms with Crippen molar-refractivity contribution in [3.05, 3.63) is 40.9 Å². The van der Waals surface area contributed by atoms with Crippen LogP contribution in [0.3, 0.4) is 0 Å². The van der Waals surface area contributed by atoms with Crippen molar-refractivity contribution >= 4 is 23.7 Å². The van der Waals surface area contributed by atoms with Crippen molar-refractivity contribution in [3.63, 3.8) is 0 Å². The van der Waals surface area contributed by atoms with Gasteiger partial charge in [0.1, 0.15) is 5.01 Å². The Bertz CT molecular complexity index is 631. The molecule has 0 bridgehead atoms. The summed E-state index contributed by atoms with van der Waals surface area (Å²) in [5.41, 5.74) is 9.57. The Morgan fingerprint density at radius 3 is 2.75 bits per heavy atom. The topological polar surface area (TPSA) is 51.4 Å². The summed E-state index contributed by atoms with van der Waals surface area (Å²) in [6.45, 7) is 4.68. The molecule has 1 aromatic heterocycles. The fourth-order valence-electron chi connectivity index (χ4n) is 3.15. The van der Waals surface area contributed by atoms with Gasteiger partial charge in [0.15, 0.2) is 0 Å². The number of piperidine rings is 1. The van der Waals surface area contributed by atoms with Gasteiger partial charge in [0.05, 0.1) is 11.8 Å². The van der Waals surface area contributed by atoms with Crippen LogP contribution in [0.5, 0.6) is 0 Å². The second kappa shape index (κ2) is 8.92. The Hall–Kier alpha value is -0.980. The molecule has 24 heavy (non-hydrogen) atoms. The standard InChI is InChI=1S/C18H25N3OS.ClH/c1-13-3-5-14(6-4-13)18-20-15(12-23-18)11-21-8-7-17(22-2)9-16(21)10-19;/h3-6,12,16-17H,7-11,19H2,1-2H3;1H. The smallest absolute Gasteiger partial charge is 0.123 e. The number of aryl methyl sites for hydroxylation is 1. The van der Waals surface area contributed by atoms with Gasteiger partial charge >= 0.3 is 0 Å². The molecule has 0 aliphatic carbocycles. The van der Waals surface area contributed by atoms with Gasteiger partial charge in [0.25, 0.3) is 0 Å². The van der Waals surface area contributed by atoms with E-state index in [0.717, 1.165) is 36.6 Å². The third-order valence-electron chi connectivity index (χ3n) is 4.61. The zero-order valence-corrected chi connectivity index (χ0v) is 15.9. The lowest BCUT2D eigenvalue weighted by molar-refractivity contribution is 0.00985. The van der Waals surface area contributed by atoms with Crippen LogP contribution >= 0.6 is 23.7 Å². The Balaban J connectivity index is 0.00000208. The van der Waals surface area contributed by atoms with Gasteiger partial charge < -0.3 is 10.5 Å². The number of halogens is 1. The second-order valence-electron chi connectivity index (χ2n) is 6.25. The van der Waals surface area contributed by atoms with Crippen LogP contribution in [0.4, 0.5) is 0 Å². The van der Waals surface area contributed by atoms with E-state index < -0.39 is 0 Å². The van der Waals surface area contributed by atoms with Gasteiger partial charge in [-0.1, -0.05) is 29.8 Å². The van der Waals surface area contributed by atoms with Crippen molar-refractivity contribution in [2.24, 2.45) is 5.73 Å². The average molecular weight is 368 g/mol. The van der Waals surface area contributed by atoms with Gasteiger partial charge in [-0.25, -0.2) is 4.98 Å². The molecule has 6 heteroatoms. The zero-order chi connectivity index (χ0) is 16.2. The molecule has 1 aliphatic rings. The third kappa shape index (κ3) is 4.55. The van der Waals surface area contributed by atoms with E-state index in [2.05, 4.69) is 41.5 Å². The summed E-state index contributed by atoms with van der Waals surface area (Å²) >= 11 is 1.72. The van der Waals surface area contributed by atoms with E-state index in [1.165, 1.54) is 11.1 Å². The highest BCUT2D eigenvalue weighted by molar-refractivity contribution is 7.13. The van der Waals surface area contributed by atoms with Crippen LogP contribution in [0.2, 0.25) is 0 Å². The van der Waals surface area contributed by atoms with Crippen molar-refractivity contribution in [1.82, 2.24) is 9.88 Å². The largest absolute Gasteiger partial charge is 0.381 e. The van der Waals surface area contributed by atoms with E-state index >= 15 is 0 Å². The maximum Gasteiger partial charge on any atom is 0.123 e. The van der Waals surface area contributed by atoms with Gasteiger partial charge in [0, 0.05) is 43.7 Å². The third-order valence-corrected chi connectivity index (χ3v) is 5.55. The molecule has 0 saturated carbocycles. The molecule has 0 spiro atoms. The van der Waals surface area contributed by atoms with E-state index in [4.69, 9.17) is 15.5 Å². The van der Waals surface area contributed by atoms with Crippen molar-refractivity contribution in [2.45, 2.75) is 38.5 Å². The minimum Gasteiger partial charge on any atom is -0.381 e. The molecule has 3 rings (SSSR count). The van der Waals surface area contributed by atoms with Crippen LogP contribution in [0.15, 0.2) is 29.6 Å². The highest BCUT2D eigenvalue weighted by Crippen LogP contribution is 2.26. The fraction of sp³-hybridized carbons (Fsp3) is 0.500. The monoisotopic (exact) mass is 367 g/mol. The number of nitrogens with zero attached hydrogens (tertiary/aromatic N) is 2. The molecule has 2 N–H and O–H groups in total. The van der Waals surface area contributed by atoms with Gasteiger partial charge in [-0.05, 0) is 19.8 Å². The van der Waals surface area contributed by atoms with E-state index in [-0.39, 0.29) is 12.4 Å². The number of likely N-dealkylation sites (tertiary alicyclic amines) is 1. The van der Waals surface area contributed by atoms with Crippen LogP contribution in [0.25, 0.3) is 10.6 Å². The lowest BCUT2D eigenvalue weighted by Gasteiger charge is -2.38. The molecule has 0 amide bonds. The van der Waals surface area contributed by atoms with E-state index in [1.54, 1.807) is 18.4 Å². The molecule has 2 unspecified atom stereocenters. The molecule has 0 radical (unpaired) electrons. The summed E-state index contributed by atoms with van der Waals surface area (Å²) in [5.74, 6) is 0. The number of rotatable bonds is 5. The van der Waals surface area contributed by atoms with Crippen LogP contribution in [-0.2, 0) is 11.3 Å². The molecule has 2 aromatic rings. The second-order valence-corrected chi connectivity index (χ2v) is 7.11. The first-order valence-electron chi connectivity index (χ1n) is 8.18. The first-order chi connectivity index (χ1) is 11.2. The Labute approximate surface area is 154 Å². The molecule has 1 saturated heterocycles. The predicted octanol–water partition coefficient (Wildman–Crippen LogP) is 3.48. The Kier molecular flexibility index (Phi) is 7.19. The number of thiazole rings is 1. The molecular weight excluding hydrogens is 342 g/mol. The molecule has 2 atom stereocenters. The van der Waals surface area contributed by atoms with Gasteiger partial charge in [0.2, 0.25) is 0 Å². The summed E-state index contributed by atoms with van der Waals surface area (Å²) in [6, 6.07) is 8.94. The lowest BCUT2D eigenvalue weighted by atomic mass is 9.99. The highest BCUT2D eigenvalue weighted by Gasteiger charge is 2.27. The summed E-state index contributed by atoms with van der Waals surface area (Å²) in [5, 5.41) is 3.27. The number of hydrogen-bond acceptors (Lipinski definition) is 5. The average Bonchev–Trinajstić information content (AvgIpc) is 3.04. The minimum absolute atomic E-state index is 0. The Morgan fingerprint density at radius 1 is 1.33 bits per heavy atom. The number of benzene rings is 1. The fourth-order valence-corrected chi connectivity index (χ4v) is 3.96. The minimum atomic E-state index is 0. The molecule has 132 valence electrons. The summed E-state index contributed by atoms with van der Waals surface area (Å²) < 4.78 is 5.50. The molecule has 4 nitrogen and oxygen atoms in total. The molecule has 1 aromatic carbocycles. The maximum atomic E-state index is 5.96. The van der Waals surface area contributed by atoms with Crippen molar-refractivity contribution < 1.29 is 4.74 Å². The van der Waals surface area contributed by atoms with Gasteiger partial charge in [-0.3, -0.25) is 4.90 Å². The normalized spacial score (nSPS) is 21.5. The SMILES string of the molecule is COC1CCN(Cc2csc(-c3ccc(C)cc3)n2)C(CN)C1.Cl. The lowest BCUT2D eigenvalue weighted by Crippen LogP contribution is -2.48. The van der Waals surface area contributed by atoms with E-state index in [9.17, 15) is 0 Å². The first-order valence-corrected chi connectivity index (χ1v) is 9.06. The number of aromatic nitrogens is 1. The van der Waals surface area contributed by atoms with Crippen LogP contribution in [0.1, 0.15) is 24.1 Å². The van der Waals surface area contributed by atoms with Crippen LogP contribution in [-0.4, -0.2) is 42.2 Å².